The summed E-state index contributed by atoms with van der Waals surface area (Å²) in [6.45, 7) is 10.6. The van der Waals surface area contributed by atoms with Crippen molar-refractivity contribution < 1.29 is 14.3 Å². The average Bonchev–Trinajstić information content (AvgIpc) is 3.30. The first-order valence-corrected chi connectivity index (χ1v) is 14.5. The Hall–Kier alpha value is -3.80. The highest BCUT2D eigenvalue weighted by atomic mass is 16.5. The maximum Gasteiger partial charge on any atom is 0.257 e. The Morgan fingerprint density at radius 3 is 2.55 bits per heavy atom. The zero-order valence-electron chi connectivity index (χ0n) is 24.4. The number of unbranched alkanes of at least 4 members (excludes halogenated alkanes) is 2. The zero-order chi connectivity index (χ0) is 28.3. The number of imidazole rings is 1. The third-order valence-electron chi connectivity index (χ3n) is 7.16. The second-order valence-corrected chi connectivity index (χ2v) is 10.8. The predicted molar refractivity (Wildman–Crippen MR) is 162 cm³/mol. The van der Waals surface area contributed by atoms with Crippen molar-refractivity contribution in [2.24, 2.45) is 0 Å². The number of carbonyl (C=O) groups is 1. The van der Waals surface area contributed by atoms with Gasteiger partial charge in [0.1, 0.15) is 17.3 Å². The Morgan fingerprint density at radius 2 is 1.70 bits per heavy atom. The van der Waals surface area contributed by atoms with Crippen LogP contribution in [0.3, 0.4) is 0 Å². The molecule has 1 N–H and O–H groups in total. The van der Waals surface area contributed by atoms with Crippen LogP contribution in [0.1, 0.15) is 68.0 Å². The van der Waals surface area contributed by atoms with Gasteiger partial charge in [0.05, 0.1) is 17.6 Å². The second kappa shape index (κ2) is 14.5. The number of rotatable bonds is 15. The number of hydrogen-bond acceptors (Lipinski definition) is 4. The number of carbonyl (C=O) groups excluding carboxylic acids is 1. The fourth-order valence-electron chi connectivity index (χ4n) is 4.93. The molecule has 212 valence electrons. The Bertz CT molecular complexity index is 1390. The van der Waals surface area contributed by atoms with Gasteiger partial charge in [-0.25, -0.2) is 4.98 Å². The highest BCUT2D eigenvalue weighted by Crippen LogP contribution is 2.26. The Balaban J connectivity index is 1.21. The zero-order valence-corrected chi connectivity index (χ0v) is 24.4. The number of nitrogens with one attached hydrogen (secondary N) is 1. The van der Waals surface area contributed by atoms with Crippen LogP contribution < -0.4 is 14.8 Å². The first-order chi connectivity index (χ1) is 19.4. The van der Waals surface area contributed by atoms with Gasteiger partial charge in [0, 0.05) is 19.5 Å². The van der Waals surface area contributed by atoms with E-state index in [1.54, 1.807) is 0 Å². The van der Waals surface area contributed by atoms with E-state index in [9.17, 15) is 4.79 Å². The largest absolute Gasteiger partial charge is 0.493 e. The molecule has 0 aliphatic rings. The molecule has 0 radical (unpaired) electrons. The van der Waals surface area contributed by atoms with Crippen molar-refractivity contribution >= 4 is 16.9 Å². The van der Waals surface area contributed by atoms with E-state index in [1.165, 1.54) is 11.1 Å². The molecule has 4 rings (SSSR count). The lowest BCUT2D eigenvalue weighted by Gasteiger charge is -2.14. The van der Waals surface area contributed by atoms with Crippen LogP contribution in [-0.4, -0.2) is 35.2 Å². The summed E-state index contributed by atoms with van der Waals surface area (Å²) in [6.07, 6.45) is 4.80. The van der Waals surface area contributed by atoms with Crippen molar-refractivity contribution in [1.29, 1.82) is 0 Å². The third-order valence-corrected chi connectivity index (χ3v) is 7.16. The molecule has 1 heterocycles. The van der Waals surface area contributed by atoms with Crippen LogP contribution >= 0.6 is 0 Å². The summed E-state index contributed by atoms with van der Waals surface area (Å²) in [5, 5.41) is 2.98. The van der Waals surface area contributed by atoms with E-state index < -0.39 is 0 Å². The predicted octanol–water partition coefficient (Wildman–Crippen LogP) is 7.15. The number of benzene rings is 3. The van der Waals surface area contributed by atoms with E-state index >= 15 is 0 Å². The van der Waals surface area contributed by atoms with Gasteiger partial charge >= 0.3 is 0 Å². The van der Waals surface area contributed by atoms with Gasteiger partial charge in [0.2, 0.25) is 0 Å². The molecule has 4 aromatic rings. The molecule has 3 aromatic carbocycles. The summed E-state index contributed by atoms with van der Waals surface area (Å²) < 4.78 is 14.2. The van der Waals surface area contributed by atoms with Crippen molar-refractivity contribution in [3.05, 3.63) is 89.2 Å². The summed E-state index contributed by atoms with van der Waals surface area (Å²) in [4.78, 5) is 17.2. The van der Waals surface area contributed by atoms with E-state index in [1.807, 2.05) is 44.2 Å². The topological polar surface area (TPSA) is 65.4 Å². The Kier molecular flexibility index (Phi) is 10.6. The lowest BCUT2D eigenvalue weighted by Crippen LogP contribution is -2.29. The van der Waals surface area contributed by atoms with Crippen LogP contribution in [0.4, 0.5) is 0 Å². The smallest absolute Gasteiger partial charge is 0.257 e. The molecule has 6 nitrogen and oxygen atoms in total. The minimum absolute atomic E-state index is 0.0427. The maximum absolute atomic E-state index is 12.2. The van der Waals surface area contributed by atoms with E-state index in [2.05, 4.69) is 60.1 Å². The molecule has 0 saturated carbocycles. The second-order valence-electron chi connectivity index (χ2n) is 10.8. The third kappa shape index (κ3) is 8.10. The van der Waals surface area contributed by atoms with Crippen LogP contribution in [0.25, 0.3) is 11.0 Å². The van der Waals surface area contributed by atoms with Gasteiger partial charge in [0.15, 0.2) is 6.61 Å². The normalized spacial score (nSPS) is 11.2. The lowest BCUT2D eigenvalue weighted by atomic mass is 10.0. The van der Waals surface area contributed by atoms with Gasteiger partial charge in [-0.05, 0) is 80.0 Å². The summed E-state index contributed by atoms with van der Waals surface area (Å²) in [5.41, 5.74) is 5.63. The molecule has 0 unspecified atom stereocenters. The van der Waals surface area contributed by atoms with Gasteiger partial charge in [-0.15, -0.1) is 0 Å². The molecule has 0 spiro atoms. The van der Waals surface area contributed by atoms with Crippen molar-refractivity contribution in [1.82, 2.24) is 14.9 Å². The molecule has 0 fully saturated rings. The van der Waals surface area contributed by atoms with Crippen LogP contribution in [-0.2, 0) is 17.8 Å². The molecule has 40 heavy (non-hydrogen) atoms. The van der Waals surface area contributed by atoms with E-state index in [0.29, 0.717) is 19.1 Å². The molecule has 0 saturated heterocycles. The van der Waals surface area contributed by atoms with Crippen molar-refractivity contribution in [3.63, 3.8) is 0 Å². The average molecular weight is 542 g/mol. The van der Waals surface area contributed by atoms with Gasteiger partial charge < -0.3 is 19.4 Å². The maximum atomic E-state index is 12.2. The minimum Gasteiger partial charge on any atom is -0.493 e. The minimum atomic E-state index is -0.0825. The number of amides is 1. The molecule has 0 aliphatic carbocycles. The number of fused-ring (bicyclic) bond motifs is 1. The van der Waals surface area contributed by atoms with Crippen LogP contribution in [0.5, 0.6) is 11.5 Å². The first kappa shape index (κ1) is 29.2. The van der Waals surface area contributed by atoms with E-state index in [0.717, 1.165) is 72.6 Å². The first-order valence-electron chi connectivity index (χ1n) is 14.5. The molecular formula is C34H43N3O3. The summed E-state index contributed by atoms with van der Waals surface area (Å²) in [6, 6.07) is 22.7. The Morgan fingerprint density at radius 1 is 0.900 bits per heavy atom. The number of hydrogen-bond donors (Lipinski definition) is 1. The number of nitrogens with zero attached hydrogens (tertiary/aromatic N) is 2. The fraction of sp³-hybridized carbons (Fsp3) is 0.412. The lowest BCUT2D eigenvalue weighted by molar-refractivity contribution is -0.123. The highest BCUT2D eigenvalue weighted by molar-refractivity contribution is 5.77. The molecule has 0 atom stereocenters. The SMILES string of the molecule is Cc1ccc(C)c(OCC(=O)NCCCCCc2nc3ccccc3n2CCCOc2ccccc2C(C)C)c1. The van der Waals surface area contributed by atoms with Crippen LogP contribution in [0.2, 0.25) is 0 Å². The van der Waals surface area contributed by atoms with Gasteiger partial charge in [0.25, 0.3) is 5.91 Å². The highest BCUT2D eigenvalue weighted by Gasteiger charge is 2.11. The molecule has 6 heteroatoms. The summed E-state index contributed by atoms with van der Waals surface area (Å²) in [5.74, 6) is 3.22. The van der Waals surface area contributed by atoms with Gasteiger partial charge in [-0.1, -0.05) is 62.7 Å². The number of aryl methyl sites for hydroxylation is 4. The Labute approximate surface area is 238 Å². The number of para-hydroxylation sites is 3. The molecule has 0 bridgehead atoms. The van der Waals surface area contributed by atoms with Gasteiger partial charge in [-0.2, -0.15) is 0 Å². The summed E-state index contributed by atoms with van der Waals surface area (Å²) >= 11 is 0. The van der Waals surface area contributed by atoms with E-state index in [-0.39, 0.29) is 12.5 Å². The van der Waals surface area contributed by atoms with Crippen LogP contribution in [0.15, 0.2) is 66.7 Å². The molecule has 0 aliphatic heterocycles. The van der Waals surface area contributed by atoms with Crippen molar-refractivity contribution in [2.45, 2.75) is 72.3 Å². The molecular weight excluding hydrogens is 498 g/mol. The monoisotopic (exact) mass is 541 g/mol. The standard InChI is InChI=1S/C34H43N3O3/c1-25(2)28-13-7-10-16-31(28)39-22-12-21-37-30-15-9-8-14-29(30)36-33(37)17-6-5-11-20-35-34(38)24-40-32-23-26(3)18-19-27(32)4/h7-10,13-16,18-19,23,25H,5-6,11-12,17,20-22,24H2,1-4H3,(H,35,38). The van der Waals surface area contributed by atoms with Crippen molar-refractivity contribution in [2.75, 3.05) is 19.8 Å². The summed E-state index contributed by atoms with van der Waals surface area (Å²) in [7, 11) is 0. The van der Waals surface area contributed by atoms with Gasteiger partial charge in [-0.3, -0.25) is 4.79 Å². The fourth-order valence-corrected chi connectivity index (χ4v) is 4.93. The van der Waals surface area contributed by atoms with Crippen LogP contribution in [0, 0.1) is 13.8 Å². The number of aromatic nitrogens is 2. The number of ether oxygens (including phenoxy) is 2. The van der Waals surface area contributed by atoms with E-state index in [4.69, 9.17) is 14.5 Å². The van der Waals surface area contributed by atoms with Crippen molar-refractivity contribution in [3.8, 4) is 11.5 Å². The quantitative estimate of drug-likeness (QED) is 0.162. The molecule has 1 amide bonds. The molecule has 1 aromatic heterocycles.